The Hall–Kier alpha value is -0.0800. The van der Waals surface area contributed by atoms with Crippen molar-refractivity contribution in [2.75, 3.05) is 0 Å². The fourth-order valence-electron chi connectivity index (χ4n) is 1.04. The van der Waals surface area contributed by atoms with E-state index in [1.807, 2.05) is 13.8 Å². The summed E-state index contributed by atoms with van der Waals surface area (Å²) in [5.74, 6) is 0. The summed E-state index contributed by atoms with van der Waals surface area (Å²) in [6, 6.07) is 0. The van der Waals surface area contributed by atoms with Gasteiger partial charge in [-0.15, -0.1) is 0 Å². The molecular weight excluding hydrogens is 104 g/mol. The van der Waals surface area contributed by atoms with Gasteiger partial charge < -0.3 is 9.84 Å². The number of hydrogen-bond donors (Lipinski definition) is 1. The van der Waals surface area contributed by atoms with E-state index in [0.29, 0.717) is 0 Å². The van der Waals surface area contributed by atoms with E-state index in [-0.39, 0.29) is 18.3 Å². The highest BCUT2D eigenvalue weighted by atomic mass is 16.5. The molecule has 1 unspecified atom stereocenters. The predicted molar refractivity (Wildman–Crippen MR) is 30.6 cm³/mol. The molecule has 0 aromatic heterocycles. The molecule has 1 aliphatic heterocycles. The molecule has 1 aliphatic rings. The summed E-state index contributed by atoms with van der Waals surface area (Å²) >= 11 is 0. The first-order valence-corrected chi connectivity index (χ1v) is 3.03. The molecule has 0 aromatic rings. The van der Waals surface area contributed by atoms with Crippen LogP contribution < -0.4 is 0 Å². The van der Waals surface area contributed by atoms with E-state index in [1.54, 1.807) is 0 Å². The van der Waals surface area contributed by atoms with Crippen molar-refractivity contribution in [3.05, 3.63) is 0 Å². The zero-order chi connectivity index (χ0) is 6.15. The summed E-state index contributed by atoms with van der Waals surface area (Å²) in [5, 5.41) is 9.04. The Labute approximate surface area is 49.5 Å². The van der Waals surface area contributed by atoms with E-state index in [0.717, 1.165) is 6.42 Å². The molecule has 1 rings (SSSR count). The van der Waals surface area contributed by atoms with Crippen LogP contribution in [-0.2, 0) is 4.74 Å². The van der Waals surface area contributed by atoms with Crippen molar-refractivity contribution in [3.63, 3.8) is 0 Å². The van der Waals surface area contributed by atoms with Gasteiger partial charge in [0.1, 0.15) is 0 Å². The minimum atomic E-state index is -0.231. The zero-order valence-corrected chi connectivity index (χ0v) is 5.29. The Balaban J connectivity index is 2.39. The molecule has 0 radical (unpaired) electrons. The Morgan fingerprint density at radius 1 is 1.50 bits per heavy atom. The van der Waals surface area contributed by atoms with Crippen molar-refractivity contribution < 1.29 is 9.84 Å². The van der Waals surface area contributed by atoms with E-state index in [1.165, 1.54) is 0 Å². The van der Waals surface area contributed by atoms with Crippen LogP contribution in [0.25, 0.3) is 0 Å². The fourth-order valence-corrected chi connectivity index (χ4v) is 1.04. The van der Waals surface area contributed by atoms with Gasteiger partial charge in [-0.2, -0.15) is 0 Å². The molecule has 0 aromatic carbocycles. The Kier molecular flexibility index (Phi) is 1.54. The van der Waals surface area contributed by atoms with Crippen LogP contribution >= 0.6 is 0 Å². The van der Waals surface area contributed by atoms with Crippen LogP contribution in [-0.4, -0.2) is 23.4 Å². The molecule has 3 atom stereocenters. The molecule has 0 amide bonds. The van der Waals surface area contributed by atoms with Crippen LogP contribution in [0.4, 0.5) is 0 Å². The number of rotatable bonds is 0. The van der Waals surface area contributed by atoms with Gasteiger partial charge in [-0.1, -0.05) is 0 Å². The summed E-state index contributed by atoms with van der Waals surface area (Å²) in [6.45, 7) is 3.88. The smallest absolute Gasteiger partial charge is 0.0823 e. The van der Waals surface area contributed by atoms with Crippen molar-refractivity contribution >= 4 is 0 Å². The van der Waals surface area contributed by atoms with Crippen LogP contribution in [0.5, 0.6) is 0 Å². The van der Waals surface area contributed by atoms with E-state index in [4.69, 9.17) is 9.84 Å². The Morgan fingerprint density at radius 3 is 2.25 bits per heavy atom. The van der Waals surface area contributed by atoms with Crippen LogP contribution in [0.1, 0.15) is 20.3 Å². The second-order valence-electron chi connectivity index (χ2n) is 2.45. The summed E-state index contributed by atoms with van der Waals surface area (Å²) in [7, 11) is 0. The van der Waals surface area contributed by atoms with Crippen LogP contribution in [0.3, 0.4) is 0 Å². The fraction of sp³-hybridized carbons (Fsp3) is 1.00. The zero-order valence-electron chi connectivity index (χ0n) is 5.29. The highest BCUT2D eigenvalue weighted by molar-refractivity contribution is 4.75. The maximum Gasteiger partial charge on any atom is 0.0823 e. The van der Waals surface area contributed by atoms with E-state index < -0.39 is 0 Å². The van der Waals surface area contributed by atoms with Crippen molar-refractivity contribution in [3.8, 4) is 0 Å². The molecular formula is C6H12O2. The summed E-state index contributed by atoms with van der Waals surface area (Å²) < 4.78 is 5.22. The average Bonchev–Trinajstić information content (AvgIpc) is 1.85. The topological polar surface area (TPSA) is 29.5 Å². The van der Waals surface area contributed by atoms with Gasteiger partial charge >= 0.3 is 0 Å². The first kappa shape index (κ1) is 6.05. The summed E-state index contributed by atoms with van der Waals surface area (Å²) in [5.41, 5.74) is 0. The minimum absolute atomic E-state index is 0.0463. The number of aliphatic hydroxyl groups excluding tert-OH is 1. The second kappa shape index (κ2) is 2.03. The number of aliphatic hydroxyl groups is 1. The molecule has 2 nitrogen and oxygen atoms in total. The van der Waals surface area contributed by atoms with Gasteiger partial charge in [0.25, 0.3) is 0 Å². The third kappa shape index (κ3) is 1.01. The van der Waals surface area contributed by atoms with Crippen LogP contribution in [0, 0.1) is 0 Å². The lowest BCUT2D eigenvalue weighted by Crippen LogP contribution is -2.15. The van der Waals surface area contributed by atoms with Gasteiger partial charge in [0.05, 0.1) is 18.3 Å². The maximum atomic E-state index is 9.04. The lowest BCUT2D eigenvalue weighted by Gasteiger charge is -2.04. The summed E-state index contributed by atoms with van der Waals surface area (Å²) in [4.78, 5) is 0. The third-order valence-electron chi connectivity index (χ3n) is 1.56. The lowest BCUT2D eigenvalue weighted by molar-refractivity contribution is 0.0287. The molecule has 1 N–H and O–H groups in total. The van der Waals surface area contributed by atoms with E-state index in [2.05, 4.69) is 0 Å². The minimum Gasteiger partial charge on any atom is -0.390 e. The first-order chi connectivity index (χ1) is 3.70. The highest BCUT2D eigenvalue weighted by Crippen LogP contribution is 2.18. The Morgan fingerprint density at radius 2 is 2.12 bits per heavy atom. The molecule has 2 heteroatoms. The third-order valence-corrected chi connectivity index (χ3v) is 1.56. The highest BCUT2D eigenvalue weighted by Gasteiger charge is 2.26. The Bertz CT molecular complexity index is 72.6. The molecule has 1 fully saturated rings. The normalized spacial score (nSPS) is 47.6. The van der Waals surface area contributed by atoms with Gasteiger partial charge in [-0.25, -0.2) is 0 Å². The SMILES string of the molecule is CC1C[C@@H](O)[C@@H](C)O1. The van der Waals surface area contributed by atoms with Gasteiger partial charge in [0.15, 0.2) is 0 Å². The molecule has 1 heterocycles. The molecule has 48 valence electrons. The van der Waals surface area contributed by atoms with Gasteiger partial charge in [-0.05, 0) is 13.8 Å². The van der Waals surface area contributed by atoms with Gasteiger partial charge in [0, 0.05) is 6.42 Å². The largest absolute Gasteiger partial charge is 0.390 e. The molecule has 8 heavy (non-hydrogen) atoms. The van der Waals surface area contributed by atoms with Crippen LogP contribution in [0.2, 0.25) is 0 Å². The summed E-state index contributed by atoms with van der Waals surface area (Å²) in [6.07, 6.45) is 0.858. The molecule has 0 spiro atoms. The van der Waals surface area contributed by atoms with Crippen molar-refractivity contribution in [1.82, 2.24) is 0 Å². The van der Waals surface area contributed by atoms with Crippen LogP contribution in [0.15, 0.2) is 0 Å². The average molecular weight is 116 g/mol. The predicted octanol–water partition coefficient (Wildman–Crippen LogP) is 0.545. The second-order valence-corrected chi connectivity index (χ2v) is 2.45. The van der Waals surface area contributed by atoms with E-state index >= 15 is 0 Å². The molecule has 0 saturated carbocycles. The monoisotopic (exact) mass is 116 g/mol. The lowest BCUT2D eigenvalue weighted by atomic mass is 10.2. The molecule has 0 aliphatic carbocycles. The number of ether oxygens (including phenoxy) is 1. The van der Waals surface area contributed by atoms with E-state index in [9.17, 15) is 0 Å². The quantitative estimate of drug-likeness (QED) is 0.500. The first-order valence-electron chi connectivity index (χ1n) is 3.03. The van der Waals surface area contributed by atoms with Crippen molar-refractivity contribution in [2.24, 2.45) is 0 Å². The molecule has 0 bridgehead atoms. The maximum absolute atomic E-state index is 9.04. The van der Waals surface area contributed by atoms with Crippen molar-refractivity contribution in [1.29, 1.82) is 0 Å². The van der Waals surface area contributed by atoms with Gasteiger partial charge in [0.2, 0.25) is 0 Å². The standard InChI is InChI=1S/C6H12O2/c1-4-3-6(7)5(2)8-4/h4-7H,3H2,1-2H3/t4?,5-,6-/m1/s1. The van der Waals surface area contributed by atoms with Gasteiger partial charge in [-0.3, -0.25) is 0 Å². The number of hydrogen-bond acceptors (Lipinski definition) is 2. The van der Waals surface area contributed by atoms with Crippen molar-refractivity contribution in [2.45, 2.75) is 38.6 Å². The molecule has 1 saturated heterocycles.